The van der Waals surface area contributed by atoms with E-state index in [1.165, 1.54) is 0 Å². The topological polar surface area (TPSA) is 98.2 Å². The van der Waals surface area contributed by atoms with Crippen LogP contribution in [0.4, 0.5) is 0 Å². The largest absolute Gasteiger partial charge is 0.369 e. The number of nitrogens with one attached hydrogen (secondary N) is 1. The first kappa shape index (κ1) is 12.9. The zero-order valence-electron chi connectivity index (χ0n) is 8.96. The third kappa shape index (κ3) is 3.74. The van der Waals surface area contributed by atoms with Crippen LogP contribution < -0.4 is 16.8 Å². The van der Waals surface area contributed by atoms with Gasteiger partial charge in [0.2, 0.25) is 11.8 Å². The zero-order chi connectivity index (χ0) is 11.4. The molecule has 0 aromatic rings. The molecule has 1 atom stereocenters. The minimum atomic E-state index is -0.733. The Morgan fingerprint density at radius 3 is 2.29 bits per heavy atom. The van der Waals surface area contributed by atoms with E-state index in [9.17, 15) is 9.59 Å². The van der Waals surface area contributed by atoms with E-state index < -0.39 is 17.4 Å². The van der Waals surface area contributed by atoms with Crippen molar-refractivity contribution in [2.45, 2.75) is 33.2 Å². The van der Waals surface area contributed by atoms with Gasteiger partial charge in [0.25, 0.3) is 0 Å². The first-order chi connectivity index (χ1) is 6.31. The van der Waals surface area contributed by atoms with Crippen LogP contribution in [0.3, 0.4) is 0 Å². The van der Waals surface area contributed by atoms with Gasteiger partial charge in [0.05, 0.1) is 11.5 Å². The summed E-state index contributed by atoms with van der Waals surface area (Å²) in [7, 11) is 0. The molecule has 0 aromatic carbocycles. The molecule has 0 aliphatic rings. The zero-order valence-corrected chi connectivity index (χ0v) is 8.96. The van der Waals surface area contributed by atoms with E-state index in [0.29, 0.717) is 6.42 Å². The minimum Gasteiger partial charge on any atom is -0.369 e. The van der Waals surface area contributed by atoms with Crippen molar-refractivity contribution >= 4 is 11.8 Å². The molecule has 0 saturated carbocycles. The highest BCUT2D eigenvalue weighted by Crippen LogP contribution is 2.11. The van der Waals surface area contributed by atoms with Crippen LogP contribution in [0.5, 0.6) is 0 Å². The molecule has 5 N–H and O–H groups in total. The van der Waals surface area contributed by atoms with E-state index in [-0.39, 0.29) is 12.5 Å². The van der Waals surface area contributed by atoms with Crippen LogP contribution >= 0.6 is 0 Å². The number of hydrogen-bond acceptors (Lipinski definition) is 3. The summed E-state index contributed by atoms with van der Waals surface area (Å²) in [6.07, 6.45) is 0.572. The predicted molar refractivity (Wildman–Crippen MR) is 54.3 cm³/mol. The lowest BCUT2D eigenvalue weighted by Crippen LogP contribution is -2.47. The SMILES string of the molecule is CC[C@H](N)C(=O)NCC(C)(C)C(N)=O. The van der Waals surface area contributed by atoms with E-state index in [0.717, 1.165) is 0 Å². The van der Waals surface area contributed by atoms with Gasteiger partial charge in [-0.2, -0.15) is 0 Å². The molecule has 2 amide bonds. The van der Waals surface area contributed by atoms with Gasteiger partial charge in [0.15, 0.2) is 0 Å². The summed E-state index contributed by atoms with van der Waals surface area (Å²) in [5.41, 5.74) is 9.90. The molecule has 0 rings (SSSR count). The molecule has 0 fully saturated rings. The van der Waals surface area contributed by atoms with E-state index in [2.05, 4.69) is 5.32 Å². The van der Waals surface area contributed by atoms with Crippen molar-refractivity contribution in [3.63, 3.8) is 0 Å². The Morgan fingerprint density at radius 1 is 1.43 bits per heavy atom. The third-order valence-electron chi connectivity index (χ3n) is 2.15. The van der Waals surface area contributed by atoms with Gasteiger partial charge in [0.1, 0.15) is 0 Å². The van der Waals surface area contributed by atoms with Crippen LogP contribution in [0, 0.1) is 5.41 Å². The van der Waals surface area contributed by atoms with Crippen LogP contribution in [-0.2, 0) is 9.59 Å². The van der Waals surface area contributed by atoms with Gasteiger partial charge in [-0.1, -0.05) is 6.92 Å². The van der Waals surface area contributed by atoms with Gasteiger partial charge in [-0.05, 0) is 20.3 Å². The molecule has 0 heterocycles. The normalized spacial score (nSPS) is 13.4. The fourth-order valence-electron chi connectivity index (χ4n) is 0.712. The summed E-state index contributed by atoms with van der Waals surface area (Å²) >= 11 is 0. The molecule has 0 saturated heterocycles. The molecule has 14 heavy (non-hydrogen) atoms. The smallest absolute Gasteiger partial charge is 0.236 e. The quantitative estimate of drug-likeness (QED) is 0.551. The van der Waals surface area contributed by atoms with Gasteiger partial charge in [-0.25, -0.2) is 0 Å². The van der Waals surface area contributed by atoms with Gasteiger partial charge in [0, 0.05) is 6.54 Å². The maximum Gasteiger partial charge on any atom is 0.236 e. The fraction of sp³-hybridized carbons (Fsp3) is 0.778. The molecule has 0 aliphatic heterocycles. The molecule has 82 valence electrons. The molecule has 0 spiro atoms. The van der Waals surface area contributed by atoms with Crippen molar-refractivity contribution in [2.75, 3.05) is 6.54 Å². The van der Waals surface area contributed by atoms with Gasteiger partial charge in [-0.15, -0.1) is 0 Å². The van der Waals surface area contributed by atoms with Crippen molar-refractivity contribution < 1.29 is 9.59 Å². The van der Waals surface area contributed by atoms with Crippen molar-refractivity contribution in [1.29, 1.82) is 0 Å². The number of rotatable bonds is 5. The Kier molecular flexibility index (Phi) is 4.56. The average molecular weight is 201 g/mol. The highest BCUT2D eigenvalue weighted by molar-refractivity contribution is 5.84. The van der Waals surface area contributed by atoms with E-state index in [1.54, 1.807) is 13.8 Å². The summed E-state index contributed by atoms with van der Waals surface area (Å²) in [5.74, 6) is -0.690. The van der Waals surface area contributed by atoms with Gasteiger partial charge >= 0.3 is 0 Å². The van der Waals surface area contributed by atoms with Gasteiger partial charge < -0.3 is 16.8 Å². The number of carbonyl (C=O) groups excluding carboxylic acids is 2. The molecule has 0 bridgehead atoms. The second-order valence-corrected chi connectivity index (χ2v) is 3.98. The van der Waals surface area contributed by atoms with Crippen LogP contribution in [0.15, 0.2) is 0 Å². The lowest BCUT2D eigenvalue weighted by atomic mass is 9.92. The number of nitrogens with two attached hydrogens (primary N) is 2. The minimum absolute atomic E-state index is 0.217. The van der Waals surface area contributed by atoms with E-state index >= 15 is 0 Å². The second-order valence-electron chi connectivity index (χ2n) is 3.98. The van der Waals surface area contributed by atoms with E-state index in [1.807, 2.05) is 6.92 Å². The summed E-state index contributed by atoms with van der Waals surface area (Å²) in [5, 5.41) is 2.59. The standard InChI is InChI=1S/C9H19N3O2/c1-4-6(10)7(13)12-5-9(2,3)8(11)14/h6H,4-5,10H2,1-3H3,(H2,11,14)(H,12,13)/t6-/m0/s1. The summed E-state index contributed by atoms with van der Waals surface area (Å²) in [6, 6.07) is -0.515. The highest BCUT2D eigenvalue weighted by Gasteiger charge is 2.26. The fourth-order valence-corrected chi connectivity index (χ4v) is 0.712. The average Bonchev–Trinajstić information content (AvgIpc) is 2.12. The molecule has 0 aromatic heterocycles. The molecule has 5 nitrogen and oxygen atoms in total. The Hall–Kier alpha value is -1.10. The first-order valence-electron chi connectivity index (χ1n) is 4.64. The molecule has 0 radical (unpaired) electrons. The second kappa shape index (κ2) is 4.95. The number of amides is 2. The van der Waals surface area contributed by atoms with Crippen molar-refractivity contribution in [3.05, 3.63) is 0 Å². The molecule has 0 unspecified atom stereocenters. The van der Waals surface area contributed by atoms with Crippen LogP contribution in [0.25, 0.3) is 0 Å². The van der Waals surface area contributed by atoms with Crippen LogP contribution in [0.2, 0.25) is 0 Å². The maximum atomic E-state index is 11.3. The van der Waals surface area contributed by atoms with E-state index in [4.69, 9.17) is 11.5 Å². The number of primary amides is 1. The highest BCUT2D eigenvalue weighted by atomic mass is 16.2. The lowest BCUT2D eigenvalue weighted by Gasteiger charge is -2.21. The summed E-state index contributed by atoms with van der Waals surface area (Å²) in [6.45, 7) is 5.39. The molecule has 5 heteroatoms. The number of carbonyl (C=O) groups is 2. The van der Waals surface area contributed by atoms with Gasteiger partial charge in [-0.3, -0.25) is 9.59 Å². The predicted octanol–water partition coefficient (Wildman–Crippen LogP) is -0.649. The summed E-state index contributed by atoms with van der Waals surface area (Å²) in [4.78, 5) is 22.2. The van der Waals surface area contributed by atoms with Crippen molar-refractivity contribution in [3.8, 4) is 0 Å². The van der Waals surface area contributed by atoms with Crippen molar-refractivity contribution in [2.24, 2.45) is 16.9 Å². The third-order valence-corrected chi connectivity index (χ3v) is 2.15. The van der Waals surface area contributed by atoms with Crippen LogP contribution in [-0.4, -0.2) is 24.4 Å². The van der Waals surface area contributed by atoms with Crippen molar-refractivity contribution in [1.82, 2.24) is 5.32 Å². The molecular formula is C9H19N3O2. The monoisotopic (exact) mass is 201 g/mol. The molecule has 0 aliphatic carbocycles. The Morgan fingerprint density at radius 2 is 1.93 bits per heavy atom. The Balaban J connectivity index is 4.06. The Labute approximate surface area is 84.2 Å². The van der Waals surface area contributed by atoms with Crippen LogP contribution in [0.1, 0.15) is 27.2 Å². The summed E-state index contributed by atoms with van der Waals surface area (Å²) < 4.78 is 0. The first-order valence-corrected chi connectivity index (χ1v) is 4.64. The lowest BCUT2D eigenvalue weighted by molar-refractivity contribution is -0.127. The molecular weight excluding hydrogens is 182 g/mol. The Bertz CT molecular complexity index is 226. The number of hydrogen-bond donors (Lipinski definition) is 3. The maximum absolute atomic E-state index is 11.3.